The van der Waals surface area contributed by atoms with Gasteiger partial charge in [-0.2, -0.15) is 10.2 Å². The van der Waals surface area contributed by atoms with Gasteiger partial charge in [-0.05, 0) is 62.4 Å². The number of azo groups is 1. The van der Waals surface area contributed by atoms with Crippen LogP contribution < -0.4 is 34.5 Å². The normalized spacial score (nSPS) is 11.3. The van der Waals surface area contributed by atoms with Crippen LogP contribution in [0.15, 0.2) is 63.7 Å². The van der Waals surface area contributed by atoms with Gasteiger partial charge < -0.3 is 9.45 Å². The Labute approximate surface area is 164 Å². The third-order valence-corrected chi connectivity index (χ3v) is 4.23. The van der Waals surface area contributed by atoms with Gasteiger partial charge in [0.1, 0.15) is 10.1 Å². The SMILES string of the molecule is CCN(CC)c1ccc(N=Nc2ccc(S(=O)(=O)[O-])cc2)cc1.[Na+]. The van der Waals surface area contributed by atoms with Crippen molar-refractivity contribution in [1.82, 2.24) is 0 Å². The predicted octanol–water partition coefficient (Wildman–Crippen LogP) is 0.856. The van der Waals surface area contributed by atoms with Gasteiger partial charge in [-0.1, -0.05) is 0 Å². The van der Waals surface area contributed by atoms with E-state index in [9.17, 15) is 13.0 Å². The molecule has 0 N–H and O–H groups in total. The fourth-order valence-electron chi connectivity index (χ4n) is 2.11. The van der Waals surface area contributed by atoms with Crippen LogP contribution in [0, 0.1) is 0 Å². The van der Waals surface area contributed by atoms with Crippen molar-refractivity contribution in [2.75, 3.05) is 18.0 Å². The molecule has 24 heavy (non-hydrogen) atoms. The summed E-state index contributed by atoms with van der Waals surface area (Å²) in [6.07, 6.45) is 0. The number of hydrogen-bond acceptors (Lipinski definition) is 6. The molecule has 0 aliphatic heterocycles. The second kappa shape index (κ2) is 9.29. The van der Waals surface area contributed by atoms with Crippen LogP contribution in [-0.4, -0.2) is 26.1 Å². The Hall–Kier alpha value is -1.25. The molecule has 0 unspecified atom stereocenters. The largest absolute Gasteiger partial charge is 1.00 e. The Morgan fingerprint density at radius 3 is 1.67 bits per heavy atom. The van der Waals surface area contributed by atoms with E-state index < -0.39 is 10.1 Å². The van der Waals surface area contributed by atoms with E-state index in [1.165, 1.54) is 24.3 Å². The molecule has 0 saturated carbocycles. The average Bonchev–Trinajstić information content (AvgIpc) is 2.55. The first-order chi connectivity index (χ1) is 10.9. The van der Waals surface area contributed by atoms with E-state index in [2.05, 4.69) is 29.0 Å². The van der Waals surface area contributed by atoms with Crippen LogP contribution in [0.3, 0.4) is 0 Å². The minimum atomic E-state index is -4.43. The third-order valence-electron chi connectivity index (χ3n) is 3.38. The van der Waals surface area contributed by atoms with Gasteiger partial charge >= 0.3 is 29.6 Å². The minimum absolute atomic E-state index is 0. The van der Waals surface area contributed by atoms with Crippen molar-refractivity contribution in [2.45, 2.75) is 18.7 Å². The smallest absolute Gasteiger partial charge is 0.744 e. The van der Waals surface area contributed by atoms with Gasteiger partial charge in [0.2, 0.25) is 0 Å². The zero-order valence-electron chi connectivity index (χ0n) is 14.0. The molecule has 0 amide bonds. The van der Waals surface area contributed by atoms with Crippen LogP contribution in [0.1, 0.15) is 13.8 Å². The summed E-state index contributed by atoms with van der Waals surface area (Å²) in [5, 5.41) is 8.13. The van der Waals surface area contributed by atoms with Gasteiger partial charge in [-0.3, -0.25) is 0 Å². The molecule has 0 aliphatic carbocycles. The number of anilines is 1. The van der Waals surface area contributed by atoms with Crippen molar-refractivity contribution < 1.29 is 42.5 Å². The molecule has 8 heteroatoms. The number of benzene rings is 2. The van der Waals surface area contributed by atoms with Gasteiger partial charge in [0.15, 0.2) is 0 Å². The maximum atomic E-state index is 10.8. The summed E-state index contributed by atoms with van der Waals surface area (Å²) >= 11 is 0. The van der Waals surface area contributed by atoms with Crippen LogP contribution in [0.25, 0.3) is 0 Å². The fraction of sp³-hybridized carbons (Fsp3) is 0.250. The van der Waals surface area contributed by atoms with Crippen molar-refractivity contribution >= 4 is 27.2 Å². The molecule has 0 atom stereocenters. The molecule has 0 radical (unpaired) electrons. The molecule has 122 valence electrons. The Balaban J connectivity index is 0.00000288. The summed E-state index contributed by atoms with van der Waals surface area (Å²) in [6.45, 7) is 6.07. The van der Waals surface area contributed by atoms with Gasteiger partial charge in [-0.25, -0.2) is 8.42 Å². The van der Waals surface area contributed by atoms with Crippen LogP contribution in [0.2, 0.25) is 0 Å². The predicted molar refractivity (Wildman–Crippen MR) is 88.6 cm³/mol. The third kappa shape index (κ3) is 5.68. The van der Waals surface area contributed by atoms with Gasteiger partial charge in [0, 0.05) is 18.8 Å². The second-order valence-corrected chi connectivity index (χ2v) is 6.22. The summed E-state index contributed by atoms with van der Waals surface area (Å²) in [5.41, 5.74) is 2.30. The van der Waals surface area contributed by atoms with E-state index in [4.69, 9.17) is 0 Å². The van der Waals surface area contributed by atoms with E-state index in [0.29, 0.717) is 11.4 Å². The van der Waals surface area contributed by atoms with E-state index >= 15 is 0 Å². The van der Waals surface area contributed by atoms with Crippen molar-refractivity contribution in [3.8, 4) is 0 Å². The average molecular weight is 355 g/mol. The maximum Gasteiger partial charge on any atom is 1.00 e. The number of hydrogen-bond donors (Lipinski definition) is 0. The standard InChI is InChI=1S/C16H19N3O3S.Na/c1-3-19(4-2)15-9-5-13(6-10-15)17-18-14-7-11-16(12-8-14)23(20,21)22;/h5-12H,3-4H2,1-2H3,(H,20,21,22);/q;+1/p-1. The molecule has 0 aromatic heterocycles. The molecule has 0 spiro atoms. The second-order valence-electron chi connectivity index (χ2n) is 4.84. The van der Waals surface area contributed by atoms with E-state index in [-0.39, 0.29) is 34.5 Å². The first-order valence-corrected chi connectivity index (χ1v) is 8.67. The van der Waals surface area contributed by atoms with Crippen molar-refractivity contribution in [3.05, 3.63) is 48.5 Å². The van der Waals surface area contributed by atoms with Crippen molar-refractivity contribution in [3.63, 3.8) is 0 Å². The van der Waals surface area contributed by atoms with Crippen LogP contribution in [0.5, 0.6) is 0 Å². The molecule has 2 aromatic rings. The summed E-state index contributed by atoms with van der Waals surface area (Å²) in [6, 6.07) is 13.0. The number of rotatable bonds is 6. The summed E-state index contributed by atoms with van der Waals surface area (Å²) in [4.78, 5) is 1.95. The van der Waals surface area contributed by atoms with Crippen LogP contribution >= 0.6 is 0 Å². The van der Waals surface area contributed by atoms with Crippen LogP contribution in [0.4, 0.5) is 17.1 Å². The first-order valence-electron chi connectivity index (χ1n) is 7.26. The zero-order chi connectivity index (χ0) is 16.9. The molecule has 2 rings (SSSR count). The molecule has 0 fully saturated rings. The topological polar surface area (TPSA) is 85.2 Å². The summed E-state index contributed by atoms with van der Waals surface area (Å²) < 4.78 is 32.5. The molecule has 0 aliphatic rings. The minimum Gasteiger partial charge on any atom is -0.744 e. The Bertz CT molecular complexity index is 771. The van der Waals surface area contributed by atoms with E-state index in [1.54, 1.807) is 0 Å². The van der Waals surface area contributed by atoms with E-state index in [1.807, 2.05) is 24.3 Å². The van der Waals surface area contributed by atoms with E-state index in [0.717, 1.165) is 18.8 Å². The fourth-order valence-corrected chi connectivity index (χ4v) is 2.58. The molecule has 2 aromatic carbocycles. The Morgan fingerprint density at radius 2 is 1.29 bits per heavy atom. The van der Waals surface area contributed by atoms with Gasteiger partial charge in [-0.15, -0.1) is 0 Å². The Morgan fingerprint density at radius 1 is 0.875 bits per heavy atom. The molecule has 6 nitrogen and oxygen atoms in total. The monoisotopic (exact) mass is 355 g/mol. The molecule has 0 heterocycles. The molecular formula is C16H18N3NaO3S. The summed E-state index contributed by atoms with van der Waals surface area (Å²) in [7, 11) is -4.43. The Kier molecular flexibility index (Phi) is 8.05. The zero-order valence-corrected chi connectivity index (χ0v) is 16.8. The van der Waals surface area contributed by atoms with Crippen molar-refractivity contribution in [1.29, 1.82) is 0 Å². The quantitative estimate of drug-likeness (QED) is 0.437. The maximum absolute atomic E-state index is 10.8. The molecular weight excluding hydrogens is 337 g/mol. The van der Waals surface area contributed by atoms with Crippen LogP contribution in [-0.2, 0) is 10.1 Å². The first kappa shape index (κ1) is 20.8. The molecule has 0 bridgehead atoms. The van der Waals surface area contributed by atoms with Gasteiger partial charge in [0.25, 0.3) is 0 Å². The summed E-state index contributed by atoms with van der Waals surface area (Å²) in [5.74, 6) is 0. The number of nitrogens with zero attached hydrogens (tertiary/aromatic N) is 3. The van der Waals surface area contributed by atoms with Crippen molar-refractivity contribution in [2.24, 2.45) is 10.2 Å². The van der Waals surface area contributed by atoms with Gasteiger partial charge in [0.05, 0.1) is 16.3 Å². The molecule has 0 saturated heterocycles.